The van der Waals surface area contributed by atoms with Crippen molar-refractivity contribution in [3.63, 3.8) is 0 Å². The van der Waals surface area contributed by atoms with E-state index < -0.39 is 0 Å². The highest BCUT2D eigenvalue weighted by molar-refractivity contribution is 9.10. The van der Waals surface area contributed by atoms with Gasteiger partial charge in [0.05, 0.1) is 16.0 Å². The molecule has 0 unspecified atom stereocenters. The van der Waals surface area contributed by atoms with E-state index in [1.807, 2.05) is 42.5 Å². The number of benzene rings is 2. The van der Waals surface area contributed by atoms with Gasteiger partial charge in [0.1, 0.15) is 5.75 Å². The molecule has 0 spiro atoms. The van der Waals surface area contributed by atoms with Gasteiger partial charge in [-0.1, -0.05) is 36.4 Å². The van der Waals surface area contributed by atoms with Crippen LogP contribution in [0.5, 0.6) is 11.6 Å². The molecule has 1 heterocycles. The average Bonchev–Trinajstić information content (AvgIpc) is 2.50. The Morgan fingerprint density at radius 2 is 1.85 bits per heavy atom. The second-order valence-electron chi connectivity index (χ2n) is 4.30. The summed E-state index contributed by atoms with van der Waals surface area (Å²) in [4.78, 5) is 4.33. The van der Waals surface area contributed by atoms with Gasteiger partial charge >= 0.3 is 0 Å². The van der Waals surface area contributed by atoms with Crippen molar-refractivity contribution in [2.75, 3.05) is 0 Å². The van der Waals surface area contributed by atoms with Gasteiger partial charge < -0.3 is 4.74 Å². The highest BCUT2D eigenvalue weighted by atomic mass is 79.9. The molecule has 0 N–H and O–H groups in total. The van der Waals surface area contributed by atoms with E-state index in [9.17, 15) is 0 Å². The smallest absolute Gasteiger partial charge is 0.219 e. The van der Waals surface area contributed by atoms with Crippen molar-refractivity contribution in [3.8, 4) is 11.6 Å². The van der Waals surface area contributed by atoms with Gasteiger partial charge in [-0.3, -0.25) is 0 Å². The van der Waals surface area contributed by atoms with Crippen LogP contribution < -0.4 is 4.74 Å². The van der Waals surface area contributed by atoms with E-state index in [0.29, 0.717) is 11.8 Å². The number of hydrogen-bond acceptors (Lipinski definition) is 2. The summed E-state index contributed by atoms with van der Waals surface area (Å²) in [5.41, 5.74) is 0.793. The van der Waals surface area contributed by atoms with Crippen LogP contribution in [0.2, 0.25) is 0 Å². The first-order valence-corrected chi connectivity index (χ1v) is 7.47. The summed E-state index contributed by atoms with van der Waals surface area (Å²) in [5, 5.41) is 2.27. The van der Waals surface area contributed by atoms with Crippen molar-refractivity contribution in [2.45, 2.75) is 5.88 Å². The number of rotatable bonds is 3. The molecule has 2 nitrogen and oxygen atoms in total. The minimum absolute atomic E-state index is 0.371. The number of pyridine rings is 1. The Morgan fingerprint density at radius 3 is 2.70 bits per heavy atom. The third kappa shape index (κ3) is 2.65. The molecular weight excluding hydrogens is 338 g/mol. The van der Waals surface area contributed by atoms with Gasteiger partial charge in [-0.25, -0.2) is 4.98 Å². The second-order valence-corrected chi connectivity index (χ2v) is 5.36. The SMILES string of the molecule is ClCc1cccc(Oc2ccc3ccccc3c2Br)n1. The van der Waals surface area contributed by atoms with Crippen LogP contribution in [0.15, 0.2) is 59.1 Å². The fourth-order valence-corrected chi connectivity index (χ4v) is 2.72. The molecule has 0 aliphatic rings. The van der Waals surface area contributed by atoms with Crippen LogP contribution >= 0.6 is 27.5 Å². The van der Waals surface area contributed by atoms with E-state index >= 15 is 0 Å². The van der Waals surface area contributed by atoms with E-state index in [1.165, 1.54) is 0 Å². The second kappa shape index (κ2) is 5.81. The average molecular weight is 349 g/mol. The molecule has 0 atom stereocenters. The summed E-state index contributed by atoms with van der Waals surface area (Å²) in [6, 6.07) is 17.7. The molecule has 20 heavy (non-hydrogen) atoms. The summed E-state index contributed by atoms with van der Waals surface area (Å²) in [5.74, 6) is 1.65. The number of ether oxygens (including phenoxy) is 1. The minimum atomic E-state index is 0.371. The minimum Gasteiger partial charge on any atom is -0.438 e. The first kappa shape index (κ1) is 13.4. The fraction of sp³-hybridized carbons (Fsp3) is 0.0625. The normalized spacial score (nSPS) is 10.7. The highest BCUT2D eigenvalue weighted by Crippen LogP contribution is 2.35. The van der Waals surface area contributed by atoms with E-state index in [1.54, 1.807) is 0 Å². The Labute approximate surface area is 130 Å². The number of fused-ring (bicyclic) bond motifs is 1. The third-order valence-corrected chi connectivity index (χ3v) is 4.05. The lowest BCUT2D eigenvalue weighted by molar-refractivity contribution is 0.459. The molecule has 100 valence electrons. The number of halogens is 2. The summed E-state index contributed by atoms with van der Waals surface area (Å²) < 4.78 is 6.77. The number of aromatic nitrogens is 1. The van der Waals surface area contributed by atoms with Crippen LogP contribution in [0.3, 0.4) is 0 Å². The van der Waals surface area contributed by atoms with Crippen LogP contribution in [-0.4, -0.2) is 4.98 Å². The number of alkyl halides is 1. The molecule has 0 saturated heterocycles. The van der Waals surface area contributed by atoms with Crippen molar-refractivity contribution < 1.29 is 4.74 Å². The Morgan fingerprint density at radius 1 is 1.00 bits per heavy atom. The molecule has 0 amide bonds. The van der Waals surface area contributed by atoms with Gasteiger partial charge in [-0.2, -0.15) is 0 Å². The lowest BCUT2D eigenvalue weighted by Crippen LogP contribution is -1.92. The molecule has 3 rings (SSSR count). The van der Waals surface area contributed by atoms with Crippen LogP contribution in [0.1, 0.15) is 5.69 Å². The van der Waals surface area contributed by atoms with Crippen molar-refractivity contribution in [3.05, 3.63) is 64.8 Å². The van der Waals surface area contributed by atoms with Crippen molar-refractivity contribution in [2.24, 2.45) is 0 Å². The van der Waals surface area contributed by atoms with E-state index in [-0.39, 0.29) is 0 Å². The zero-order valence-electron chi connectivity index (χ0n) is 10.5. The predicted octanol–water partition coefficient (Wildman–Crippen LogP) is 5.53. The quantitative estimate of drug-likeness (QED) is 0.581. The van der Waals surface area contributed by atoms with E-state index in [4.69, 9.17) is 16.3 Å². The first-order valence-electron chi connectivity index (χ1n) is 6.15. The van der Waals surface area contributed by atoms with Crippen LogP contribution in [-0.2, 0) is 5.88 Å². The molecule has 0 aliphatic heterocycles. The van der Waals surface area contributed by atoms with Crippen molar-refractivity contribution in [1.82, 2.24) is 4.98 Å². The molecule has 0 aliphatic carbocycles. The summed E-state index contributed by atoms with van der Waals surface area (Å²) >= 11 is 9.38. The van der Waals surface area contributed by atoms with Gasteiger partial charge in [-0.05, 0) is 38.8 Å². The number of hydrogen-bond donors (Lipinski definition) is 0. The monoisotopic (exact) mass is 347 g/mol. The molecule has 4 heteroatoms. The zero-order valence-corrected chi connectivity index (χ0v) is 12.9. The summed E-state index contributed by atoms with van der Waals surface area (Å²) in [6.07, 6.45) is 0. The summed E-state index contributed by atoms with van der Waals surface area (Å²) in [6.45, 7) is 0. The largest absolute Gasteiger partial charge is 0.438 e. The lowest BCUT2D eigenvalue weighted by atomic mass is 10.1. The number of nitrogens with zero attached hydrogens (tertiary/aromatic N) is 1. The zero-order chi connectivity index (χ0) is 13.9. The van der Waals surface area contributed by atoms with Gasteiger partial charge in [0.25, 0.3) is 0 Å². The van der Waals surface area contributed by atoms with E-state index in [0.717, 1.165) is 26.7 Å². The lowest BCUT2D eigenvalue weighted by Gasteiger charge is -2.09. The Hall–Kier alpha value is -1.58. The first-order chi connectivity index (χ1) is 9.78. The van der Waals surface area contributed by atoms with Gasteiger partial charge in [-0.15, -0.1) is 11.6 Å². The molecule has 1 aromatic heterocycles. The molecule has 0 fully saturated rings. The maximum atomic E-state index is 5.84. The van der Waals surface area contributed by atoms with Crippen molar-refractivity contribution in [1.29, 1.82) is 0 Å². The van der Waals surface area contributed by atoms with E-state index in [2.05, 4.69) is 33.0 Å². The van der Waals surface area contributed by atoms with Crippen LogP contribution in [0, 0.1) is 0 Å². The Balaban J connectivity index is 2.00. The molecular formula is C16H11BrClNO. The van der Waals surface area contributed by atoms with Gasteiger partial charge in [0.15, 0.2) is 0 Å². The van der Waals surface area contributed by atoms with Crippen LogP contribution in [0.4, 0.5) is 0 Å². The Bertz CT molecular complexity index is 760. The third-order valence-electron chi connectivity index (χ3n) is 2.96. The molecule has 0 radical (unpaired) electrons. The molecule has 0 bridgehead atoms. The van der Waals surface area contributed by atoms with Gasteiger partial charge in [0.2, 0.25) is 5.88 Å². The Kier molecular flexibility index (Phi) is 3.90. The highest BCUT2D eigenvalue weighted by Gasteiger charge is 2.08. The molecule has 0 saturated carbocycles. The predicted molar refractivity (Wildman–Crippen MR) is 85.5 cm³/mol. The van der Waals surface area contributed by atoms with Crippen molar-refractivity contribution >= 4 is 38.3 Å². The maximum Gasteiger partial charge on any atom is 0.219 e. The molecule has 3 aromatic rings. The molecule has 2 aromatic carbocycles. The maximum absolute atomic E-state index is 5.84. The van der Waals surface area contributed by atoms with Gasteiger partial charge in [0, 0.05) is 6.07 Å². The van der Waals surface area contributed by atoms with Crippen LogP contribution in [0.25, 0.3) is 10.8 Å². The fourth-order valence-electron chi connectivity index (χ4n) is 1.99. The topological polar surface area (TPSA) is 22.1 Å². The standard InChI is InChI=1S/C16H11BrClNO/c17-16-13-6-2-1-4-11(13)8-9-14(16)20-15-7-3-5-12(10-18)19-15/h1-9H,10H2. The summed E-state index contributed by atoms with van der Waals surface area (Å²) in [7, 11) is 0.